The van der Waals surface area contributed by atoms with Crippen molar-refractivity contribution in [2.75, 3.05) is 18.0 Å². The second-order valence-corrected chi connectivity index (χ2v) is 3.52. The second-order valence-electron chi connectivity index (χ2n) is 3.52. The fourth-order valence-corrected chi connectivity index (χ4v) is 1.72. The lowest BCUT2D eigenvalue weighted by Gasteiger charge is -2.25. The summed E-state index contributed by atoms with van der Waals surface area (Å²) in [6, 6.07) is 8.47. The lowest BCUT2D eigenvalue weighted by Crippen LogP contribution is -2.24. The molecule has 0 fully saturated rings. The van der Waals surface area contributed by atoms with Crippen LogP contribution in [0.5, 0.6) is 0 Å². The van der Waals surface area contributed by atoms with Crippen molar-refractivity contribution in [2.45, 2.75) is 26.8 Å². The molecule has 14 heavy (non-hydrogen) atoms. The van der Waals surface area contributed by atoms with Gasteiger partial charge >= 0.3 is 0 Å². The average molecular weight is 192 g/mol. The van der Waals surface area contributed by atoms with E-state index in [4.69, 9.17) is 5.73 Å². The fraction of sp³-hybridized carbons (Fsp3) is 0.500. The maximum Gasteiger partial charge on any atom is 0.0414 e. The standard InChI is InChI=1S/C12H20N2/c1-4-14(5-2)12-9-7-6-8-11(12)10(3)13/h6-10H,4-5,13H2,1-3H3. The van der Waals surface area contributed by atoms with Crippen LogP contribution in [0.2, 0.25) is 0 Å². The summed E-state index contributed by atoms with van der Waals surface area (Å²) in [6.07, 6.45) is 0. The predicted octanol–water partition coefficient (Wildman–Crippen LogP) is 2.55. The first-order valence-electron chi connectivity index (χ1n) is 5.30. The molecule has 1 aromatic rings. The molecule has 0 aliphatic rings. The largest absolute Gasteiger partial charge is 0.372 e. The molecule has 0 saturated heterocycles. The molecule has 2 heteroatoms. The minimum Gasteiger partial charge on any atom is -0.372 e. The van der Waals surface area contributed by atoms with Gasteiger partial charge in [-0.25, -0.2) is 0 Å². The van der Waals surface area contributed by atoms with Gasteiger partial charge in [0.25, 0.3) is 0 Å². The number of rotatable bonds is 4. The van der Waals surface area contributed by atoms with Crippen LogP contribution < -0.4 is 10.6 Å². The quantitative estimate of drug-likeness (QED) is 0.794. The Hall–Kier alpha value is -1.02. The van der Waals surface area contributed by atoms with E-state index >= 15 is 0 Å². The van der Waals surface area contributed by atoms with Gasteiger partial charge in [-0.05, 0) is 32.4 Å². The molecular weight excluding hydrogens is 172 g/mol. The minimum absolute atomic E-state index is 0.104. The molecule has 1 aromatic carbocycles. The highest BCUT2D eigenvalue weighted by Crippen LogP contribution is 2.24. The summed E-state index contributed by atoms with van der Waals surface area (Å²) in [5.74, 6) is 0. The lowest BCUT2D eigenvalue weighted by molar-refractivity contribution is 0.790. The SMILES string of the molecule is CCN(CC)c1ccccc1C(C)N. The maximum atomic E-state index is 5.94. The third-order valence-electron chi connectivity index (χ3n) is 2.53. The van der Waals surface area contributed by atoms with Crippen LogP contribution in [0.25, 0.3) is 0 Å². The molecule has 0 bridgehead atoms. The van der Waals surface area contributed by atoms with E-state index in [1.807, 2.05) is 13.0 Å². The molecule has 0 heterocycles. The normalized spacial score (nSPS) is 12.6. The first-order chi connectivity index (χ1) is 6.70. The van der Waals surface area contributed by atoms with Crippen LogP contribution in [0, 0.1) is 0 Å². The van der Waals surface area contributed by atoms with Crippen LogP contribution in [0.15, 0.2) is 24.3 Å². The summed E-state index contributed by atoms with van der Waals surface area (Å²) in [5.41, 5.74) is 8.44. The lowest BCUT2D eigenvalue weighted by atomic mass is 10.1. The molecule has 0 aliphatic heterocycles. The number of para-hydroxylation sites is 1. The Balaban J connectivity index is 3.05. The van der Waals surface area contributed by atoms with E-state index in [1.165, 1.54) is 11.3 Å². The van der Waals surface area contributed by atoms with Crippen LogP contribution in [0.1, 0.15) is 32.4 Å². The minimum atomic E-state index is 0.104. The van der Waals surface area contributed by atoms with E-state index < -0.39 is 0 Å². The van der Waals surface area contributed by atoms with Crippen molar-refractivity contribution >= 4 is 5.69 Å². The van der Waals surface area contributed by atoms with Crippen LogP contribution in [-0.2, 0) is 0 Å². The monoisotopic (exact) mass is 192 g/mol. The van der Waals surface area contributed by atoms with E-state index in [1.54, 1.807) is 0 Å². The number of nitrogens with two attached hydrogens (primary N) is 1. The molecule has 1 unspecified atom stereocenters. The third kappa shape index (κ3) is 2.26. The van der Waals surface area contributed by atoms with E-state index in [0.29, 0.717) is 0 Å². The van der Waals surface area contributed by atoms with Crippen LogP contribution in [0.4, 0.5) is 5.69 Å². The molecule has 0 spiro atoms. The summed E-state index contributed by atoms with van der Waals surface area (Å²) in [7, 11) is 0. The van der Waals surface area contributed by atoms with Crippen molar-refractivity contribution in [2.24, 2.45) is 5.73 Å². The van der Waals surface area contributed by atoms with Crippen molar-refractivity contribution in [3.05, 3.63) is 29.8 Å². The van der Waals surface area contributed by atoms with Gasteiger partial charge in [0, 0.05) is 24.8 Å². The zero-order valence-corrected chi connectivity index (χ0v) is 9.33. The Morgan fingerprint density at radius 1 is 1.21 bits per heavy atom. The van der Waals surface area contributed by atoms with Gasteiger partial charge in [-0.3, -0.25) is 0 Å². The molecule has 78 valence electrons. The Morgan fingerprint density at radius 2 is 1.79 bits per heavy atom. The molecule has 1 rings (SSSR count). The summed E-state index contributed by atoms with van der Waals surface area (Å²) in [6.45, 7) is 8.42. The van der Waals surface area contributed by atoms with Gasteiger partial charge in [-0.15, -0.1) is 0 Å². The first-order valence-corrected chi connectivity index (χ1v) is 5.30. The summed E-state index contributed by atoms with van der Waals surface area (Å²) in [5, 5.41) is 0. The van der Waals surface area contributed by atoms with Gasteiger partial charge in [-0.2, -0.15) is 0 Å². The number of hydrogen-bond acceptors (Lipinski definition) is 2. The molecule has 0 saturated carbocycles. The van der Waals surface area contributed by atoms with Crippen molar-refractivity contribution in [1.82, 2.24) is 0 Å². The number of anilines is 1. The van der Waals surface area contributed by atoms with Crippen molar-refractivity contribution in [1.29, 1.82) is 0 Å². The van der Waals surface area contributed by atoms with Crippen molar-refractivity contribution < 1.29 is 0 Å². The van der Waals surface area contributed by atoms with E-state index in [9.17, 15) is 0 Å². The number of nitrogens with zero attached hydrogens (tertiary/aromatic N) is 1. The molecule has 0 aromatic heterocycles. The zero-order valence-electron chi connectivity index (χ0n) is 9.33. The van der Waals surface area contributed by atoms with Crippen LogP contribution in [-0.4, -0.2) is 13.1 Å². The third-order valence-corrected chi connectivity index (χ3v) is 2.53. The highest BCUT2D eigenvalue weighted by atomic mass is 15.1. The Morgan fingerprint density at radius 3 is 2.29 bits per heavy atom. The van der Waals surface area contributed by atoms with E-state index in [-0.39, 0.29) is 6.04 Å². The summed E-state index contributed by atoms with van der Waals surface area (Å²) < 4.78 is 0. The van der Waals surface area contributed by atoms with Crippen molar-refractivity contribution in [3.8, 4) is 0 Å². The first kappa shape index (κ1) is 11.1. The molecule has 0 aliphatic carbocycles. The Bertz CT molecular complexity index is 277. The Labute approximate surface area is 86.7 Å². The summed E-state index contributed by atoms with van der Waals surface area (Å²) >= 11 is 0. The Kier molecular flexibility index (Phi) is 3.96. The van der Waals surface area contributed by atoms with Gasteiger partial charge < -0.3 is 10.6 Å². The zero-order chi connectivity index (χ0) is 10.6. The molecule has 0 radical (unpaired) electrons. The number of benzene rings is 1. The molecule has 2 N–H and O–H groups in total. The highest BCUT2D eigenvalue weighted by molar-refractivity contribution is 5.54. The van der Waals surface area contributed by atoms with Gasteiger partial charge in [-0.1, -0.05) is 18.2 Å². The summed E-state index contributed by atoms with van der Waals surface area (Å²) in [4.78, 5) is 2.33. The maximum absolute atomic E-state index is 5.94. The molecule has 1 atom stereocenters. The van der Waals surface area contributed by atoms with Crippen LogP contribution in [0.3, 0.4) is 0 Å². The topological polar surface area (TPSA) is 29.3 Å². The van der Waals surface area contributed by atoms with Gasteiger partial charge in [0.05, 0.1) is 0 Å². The molecule has 2 nitrogen and oxygen atoms in total. The van der Waals surface area contributed by atoms with E-state index in [2.05, 4.69) is 36.9 Å². The van der Waals surface area contributed by atoms with E-state index in [0.717, 1.165) is 13.1 Å². The average Bonchev–Trinajstić information content (AvgIpc) is 2.20. The fourth-order valence-electron chi connectivity index (χ4n) is 1.72. The van der Waals surface area contributed by atoms with Crippen LogP contribution >= 0.6 is 0 Å². The van der Waals surface area contributed by atoms with Gasteiger partial charge in [0.1, 0.15) is 0 Å². The van der Waals surface area contributed by atoms with Gasteiger partial charge in [0.2, 0.25) is 0 Å². The smallest absolute Gasteiger partial charge is 0.0414 e. The van der Waals surface area contributed by atoms with Crippen molar-refractivity contribution in [3.63, 3.8) is 0 Å². The van der Waals surface area contributed by atoms with Gasteiger partial charge in [0.15, 0.2) is 0 Å². The highest BCUT2D eigenvalue weighted by Gasteiger charge is 2.09. The molecule has 0 amide bonds. The molecular formula is C12H20N2. The predicted molar refractivity (Wildman–Crippen MR) is 62.6 cm³/mol. The second kappa shape index (κ2) is 5.01. The number of hydrogen-bond donors (Lipinski definition) is 1.